The van der Waals surface area contributed by atoms with Gasteiger partial charge in [0.2, 0.25) is 5.91 Å². The maximum absolute atomic E-state index is 12.1. The van der Waals surface area contributed by atoms with Crippen molar-refractivity contribution in [2.24, 2.45) is 0 Å². The number of hydrogen-bond acceptors (Lipinski definition) is 5. The van der Waals surface area contributed by atoms with E-state index in [-0.39, 0.29) is 5.91 Å². The molecule has 0 aliphatic carbocycles. The predicted molar refractivity (Wildman–Crippen MR) is 96.3 cm³/mol. The van der Waals surface area contributed by atoms with E-state index in [1.807, 2.05) is 37.3 Å². The molecule has 0 atom stereocenters. The molecule has 2 aromatic rings. The lowest BCUT2D eigenvalue weighted by molar-refractivity contribution is -0.122. The summed E-state index contributed by atoms with van der Waals surface area (Å²) in [5.41, 5.74) is 2.01. The second-order valence-electron chi connectivity index (χ2n) is 6.38. The van der Waals surface area contributed by atoms with Crippen molar-refractivity contribution in [2.45, 2.75) is 20.0 Å². The number of rotatable bonds is 6. The van der Waals surface area contributed by atoms with Crippen LogP contribution in [-0.4, -0.2) is 53.6 Å². The Kier molecular flexibility index (Phi) is 6.07. The highest BCUT2D eigenvalue weighted by Gasteiger charge is 2.19. The lowest BCUT2D eigenvalue weighted by Gasteiger charge is -2.33. The largest absolute Gasteiger partial charge is 0.361 e. The molecular weight excluding hydrogens is 340 g/mol. The van der Waals surface area contributed by atoms with Gasteiger partial charge in [-0.15, -0.1) is 0 Å². The smallest absolute Gasteiger partial charge is 0.234 e. The second kappa shape index (κ2) is 8.47. The fraction of sp³-hybridized carbons (Fsp3) is 0.444. The number of hydrogen-bond donors (Lipinski definition) is 1. The number of aromatic nitrogens is 1. The molecule has 7 heteroatoms. The van der Waals surface area contributed by atoms with Crippen molar-refractivity contribution < 1.29 is 9.32 Å². The Bertz CT molecular complexity index is 693. The zero-order valence-electron chi connectivity index (χ0n) is 14.4. The summed E-state index contributed by atoms with van der Waals surface area (Å²) in [6.07, 6.45) is 0. The van der Waals surface area contributed by atoms with Crippen LogP contribution in [-0.2, 0) is 17.9 Å². The molecule has 0 bridgehead atoms. The van der Waals surface area contributed by atoms with Crippen molar-refractivity contribution >= 4 is 17.5 Å². The van der Waals surface area contributed by atoms with E-state index in [2.05, 4.69) is 20.3 Å². The molecule has 134 valence electrons. The van der Waals surface area contributed by atoms with Crippen molar-refractivity contribution in [3.8, 4) is 0 Å². The number of halogens is 1. The fourth-order valence-electron chi connectivity index (χ4n) is 2.89. The van der Waals surface area contributed by atoms with Crippen molar-refractivity contribution in [1.82, 2.24) is 20.3 Å². The van der Waals surface area contributed by atoms with Gasteiger partial charge in [0, 0.05) is 50.4 Å². The molecular formula is C18H23ClN4O2. The summed E-state index contributed by atoms with van der Waals surface area (Å²) in [5, 5.41) is 7.70. The van der Waals surface area contributed by atoms with E-state index in [1.165, 1.54) is 0 Å². The highest BCUT2D eigenvalue weighted by Crippen LogP contribution is 2.10. The van der Waals surface area contributed by atoms with E-state index in [0.717, 1.165) is 49.7 Å². The van der Waals surface area contributed by atoms with Crippen LogP contribution in [0.25, 0.3) is 0 Å². The Morgan fingerprint density at radius 1 is 1.20 bits per heavy atom. The van der Waals surface area contributed by atoms with E-state index >= 15 is 0 Å². The number of carbonyl (C=O) groups excluding carboxylic acids is 1. The van der Waals surface area contributed by atoms with Gasteiger partial charge >= 0.3 is 0 Å². The zero-order chi connectivity index (χ0) is 17.6. The summed E-state index contributed by atoms with van der Waals surface area (Å²) < 4.78 is 5.10. The van der Waals surface area contributed by atoms with Gasteiger partial charge < -0.3 is 9.84 Å². The minimum absolute atomic E-state index is 0.0514. The molecule has 1 aromatic heterocycles. The van der Waals surface area contributed by atoms with E-state index in [9.17, 15) is 4.79 Å². The molecule has 0 spiro atoms. The molecule has 1 N–H and O–H groups in total. The molecule has 3 rings (SSSR count). The van der Waals surface area contributed by atoms with Gasteiger partial charge in [-0.2, -0.15) is 0 Å². The Hall–Kier alpha value is -1.89. The summed E-state index contributed by atoms with van der Waals surface area (Å²) in [6, 6.07) is 9.48. The maximum Gasteiger partial charge on any atom is 0.234 e. The van der Waals surface area contributed by atoms with Gasteiger partial charge in [0.05, 0.1) is 12.2 Å². The number of nitrogens with zero attached hydrogens (tertiary/aromatic N) is 3. The molecule has 1 fully saturated rings. The van der Waals surface area contributed by atoms with Crippen molar-refractivity contribution in [2.75, 3.05) is 32.7 Å². The molecule has 0 saturated carbocycles. The first kappa shape index (κ1) is 17.9. The molecule has 1 aliphatic heterocycles. The minimum Gasteiger partial charge on any atom is -0.361 e. The molecule has 0 unspecified atom stereocenters. The first-order chi connectivity index (χ1) is 12.1. The molecule has 2 heterocycles. The number of carbonyl (C=O) groups is 1. The minimum atomic E-state index is 0.0514. The Balaban J connectivity index is 1.36. The normalized spacial score (nSPS) is 16.1. The first-order valence-corrected chi connectivity index (χ1v) is 8.84. The molecule has 1 amide bonds. The van der Waals surface area contributed by atoms with E-state index in [4.69, 9.17) is 16.1 Å². The van der Waals surface area contributed by atoms with E-state index < -0.39 is 0 Å². The average molecular weight is 363 g/mol. The first-order valence-electron chi connectivity index (χ1n) is 8.46. The molecule has 1 saturated heterocycles. The lowest BCUT2D eigenvalue weighted by Crippen LogP contribution is -2.49. The highest BCUT2D eigenvalue weighted by atomic mass is 35.5. The van der Waals surface area contributed by atoms with Crippen LogP contribution < -0.4 is 5.32 Å². The van der Waals surface area contributed by atoms with Crippen LogP contribution in [0.1, 0.15) is 17.0 Å². The van der Waals surface area contributed by atoms with Gasteiger partial charge in [0.1, 0.15) is 5.76 Å². The van der Waals surface area contributed by atoms with Crippen LogP contribution in [0.5, 0.6) is 0 Å². The third kappa shape index (κ3) is 5.56. The number of nitrogens with one attached hydrogen (secondary N) is 1. The number of amides is 1. The SMILES string of the molecule is Cc1cc(CN2CCN(CC(=O)NCc3ccc(Cl)cc3)CC2)no1. The van der Waals surface area contributed by atoms with E-state index in [1.54, 1.807) is 0 Å². The topological polar surface area (TPSA) is 61.6 Å². The van der Waals surface area contributed by atoms with Crippen LogP contribution in [0, 0.1) is 6.92 Å². The quantitative estimate of drug-likeness (QED) is 0.852. The summed E-state index contributed by atoms with van der Waals surface area (Å²) in [7, 11) is 0. The van der Waals surface area contributed by atoms with Crippen molar-refractivity contribution in [1.29, 1.82) is 0 Å². The third-order valence-electron chi connectivity index (χ3n) is 4.30. The van der Waals surface area contributed by atoms with Crippen LogP contribution in [0.3, 0.4) is 0 Å². The monoisotopic (exact) mass is 362 g/mol. The summed E-state index contributed by atoms with van der Waals surface area (Å²) >= 11 is 5.86. The van der Waals surface area contributed by atoms with Gasteiger partial charge in [-0.3, -0.25) is 14.6 Å². The third-order valence-corrected chi connectivity index (χ3v) is 4.55. The number of aryl methyl sites for hydroxylation is 1. The maximum atomic E-state index is 12.1. The van der Waals surface area contributed by atoms with Crippen LogP contribution in [0.4, 0.5) is 0 Å². The van der Waals surface area contributed by atoms with Gasteiger partial charge in [0.25, 0.3) is 0 Å². The summed E-state index contributed by atoms with van der Waals surface area (Å²) in [6.45, 7) is 7.28. The predicted octanol–water partition coefficient (Wildman–Crippen LogP) is 2.07. The van der Waals surface area contributed by atoms with Crippen molar-refractivity contribution in [3.05, 3.63) is 52.4 Å². The molecule has 1 aliphatic rings. The van der Waals surface area contributed by atoms with Gasteiger partial charge in [0.15, 0.2) is 0 Å². The standard InChI is InChI=1S/C18H23ClN4O2/c1-14-10-17(21-25-14)12-22-6-8-23(9-7-22)13-18(24)20-11-15-2-4-16(19)5-3-15/h2-5,10H,6-9,11-13H2,1H3,(H,20,24). The molecule has 1 aromatic carbocycles. The number of benzene rings is 1. The second-order valence-corrected chi connectivity index (χ2v) is 6.82. The van der Waals surface area contributed by atoms with Gasteiger partial charge in [-0.05, 0) is 24.6 Å². The Morgan fingerprint density at radius 2 is 1.88 bits per heavy atom. The Labute approximate surface area is 152 Å². The number of piperazine rings is 1. The van der Waals surface area contributed by atoms with Crippen LogP contribution in [0.2, 0.25) is 5.02 Å². The zero-order valence-corrected chi connectivity index (χ0v) is 15.1. The van der Waals surface area contributed by atoms with Crippen LogP contribution >= 0.6 is 11.6 Å². The lowest BCUT2D eigenvalue weighted by atomic mass is 10.2. The van der Waals surface area contributed by atoms with Gasteiger partial charge in [-0.25, -0.2) is 0 Å². The molecule has 25 heavy (non-hydrogen) atoms. The molecule has 6 nitrogen and oxygen atoms in total. The Morgan fingerprint density at radius 3 is 2.52 bits per heavy atom. The fourth-order valence-corrected chi connectivity index (χ4v) is 3.01. The molecule has 0 radical (unpaired) electrons. The summed E-state index contributed by atoms with van der Waals surface area (Å²) in [4.78, 5) is 16.6. The van der Waals surface area contributed by atoms with Crippen LogP contribution in [0.15, 0.2) is 34.9 Å². The summed E-state index contributed by atoms with van der Waals surface area (Å²) in [5.74, 6) is 0.890. The van der Waals surface area contributed by atoms with Crippen molar-refractivity contribution in [3.63, 3.8) is 0 Å². The highest BCUT2D eigenvalue weighted by molar-refractivity contribution is 6.30. The average Bonchev–Trinajstić information content (AvgIpc) is 3.01. The van der Waals surface area contributed by atoms with E-state index in [0.29, 0.717) is 18.1 Å². The van der Waals surface area contributed by atoms with Gasteiger partial charge in [-0.1, -0.05) is 28.9 Å².